The molecule has 2 aliphatic heterocycles. The van der Waals surface area contributed by atoms with Crippen LogP contribution in [-0.2, 0) is 16.1 Å². The van der Waals surface area contributed by atoms with Gasteiger partial charge in [-0.1, -0.05) is 18.2 Å². The summed E-state index contributed by atoms with van der Waals surface area (Å²) >= 11 is 0. The monoisotopic (exact) mass is 320 g/mol. The van der Waals surface area contributed by atoms with Crippen LogP contribution in [0.25, 0.3) is 0 Å². The van der Waals surface area contributed by atoms with Gasteiger partial charge < -0.3 is 9.64 Å². The molecule has 0 N–H and O–H groups in total. The van der Waals surface area contributed by atoms with Crippen molar-refractivity contribution >= 4 is 5.91 Å². The van der Waals surface area contributed by atoms with Crippen LogP contribution in [0.1, 0.15) is 32.3 Å². The van der Waals surface area contributed by atoms with Crippen LogP contribution >= 0.6 is 0 Å². The predicted molar refractivity (Wildman–Crippen MR) is 86.4 cm³/mol. The molecule has 0 aromatic heterocycles. The molecular weight excluding hydrogens is 295 g/mol. The maximum Gasteiger partial charge on any atom is 0.240 e. The maximum atomic E-state index is 13.9. The van der Waals surface area contributed by atoms with Gasteiger partial charge >= 0.3 is 0 Å². The molecule has 1 amide bonds. The Bertz CT molecular complexity index is 576. The number of halogens is 1. The molecule has 1 unspecified atom stereocenters. The lowest BCUT2D eigenvalue weighted by Crippen LogP contribution is -2.59. The molecule has 1 atom stereocenters. The molecule has 1 aromatic carbocycles. The van der Waals surface area contributed by atoms with E-state index in [4.69, 9.17) is 4.74 Å². The fraction of sp³-hybridized carbons (Fsp3) is 0.611. The van der Waals surface area contributed by atoms with E-state index in [1.54, 1.807) is 12.1 Å². The number of amides is 1. The van der Waals surface area contributed by atoms with E-state index < -0.39 is 0 Å². The van der Waals surface area contributed by atoms with Gasteiger partial charge in [-0.25, -0.2) is 4.39 Å². The first-order valence-electron chi connectivity index (χ1n) is 8.36. The molecule has 2 saturated heterocycles. The lowest BCUT2D eigenvalue weighted by molar-refractivity contribution is -0.151. The number of carbonyl (C=O) groups is 1. The molecule has 4 nitrogen and oxygen atoms in total. The van der Waals surface area contributed by atoms with E-state index in [1.807, 2.05) is 24.8 Å². The van der Waals surface area contributed by atoms with Gasteiger partial charge in [0.05, 0.1) is 24.8 Å². The fourth-order valence-electron chi connectivity index (χ4n) is 3.59. The van der Waals surface area contributed by atoms with Crippen molar-refractivity contribution in [1.29, 1.82) is 0 Å². The van der Waals surface area contributed by atoms with E-state index >= 15 is 0 Å². The SMILES string of the molecule is CC1(C)COCCN1C(=O)C1CCCN1Cc1ccccc1F. The van der Waals surface area contributed by atoms with Gasteiger partial charge in [-0.05, 0) is 39.3 Å². The van der Waals surface area contributed by atoms with Crippen LogP contribution in [-0.4, -0.2) is 53.6 Å². The van der Waals surface area contributed by atoms with E-state index in [0.29, 0.717) is 31.9 Å². The first-order valence-corrected chi connectivity index (χ1v) is 8.36. The van der Waals surface area contributed by atoms with Gasteiger partial charge in [0.25, 0.3) is 0 Å². The normalized spacial score (nSPS) is 24.8. The Morgan fingerprint density at radius 2 is 2.13 bits per heavy atom. The Kier molecular flexibility index (Phi) is 4.69. The summed E-state index contributed by atoms with van der Waals surface area (Å²) in [6.45, 7) is 7.22. The number of rotatable bonds is 3. The minimum Gasteiger partial charge on any atom is -0.377 e. The molecule has 0 spiro atoms. The van der Waals surface area contributed by atoms with Crippen molar-refractivity contribution in [3.05, 3.63) is 35.6 Å². The second-order valence-electron chi connectivity index (χ2n) is 7.07. The fourth-order valence-corrected chi connectivity index (χ4v) is 3.59. The topological polar surface area (TPSA) is 32.8 Å². The van der Waals surface area contributed by atoms with Crippen molar-refractivity contribution in [2.24, 2.45) is 0 Å². The zero-order valence-electron chi connectivity index (χ0n) is 13.9. The molecule has 0 radical (unpaired) electrons. The van der Waals surface area contributed by atoms with E-state index in [1.165, 1.54) is 6.07 Å². The minimum absolute atomic E-state index is 0.146. The van der Waals surface area contributed by atoms with Gasteiger partial charge in [0.2, 0.25) is 5.91 Å². The number of benzene rings is 1. The highest BCUT2D eigenvalue weighted by Gasteiger charge is 2.40. The van der Waals surface area contributed by atoms with Crippen LogP contribution in [0.2, 0.25) is 0 Å². The Labute approximate surface area is 137 Å². The molecule has 0 bridgehead atoms. The van der Waals surface area contributed by atoms with Crippen LogP contribution in [0.4, 0.5) is 4.39 Å². The summed E-state index contributed by atoms with van der Waals surface area (Å²) in [5, 5.41) is 0. The quantitative estimate of drug-likeness (QED) is 0.857. The number of nitrogens with zero attached hydrogens (tertiary/aromatic N) is 2. The Morgan fingerprint density at radius 3 is 2.87 bits per heavy atom. The molecular formula is C18H25FN2O2. The Hall–Kier alpha value is -1.46. The summed E-state index contributed by atoms with van der Waals surface area (Å²) in [6, 6.07) is 6.67. The van der Waals surface area contributed by atoms with Crippen molar-refractivity contribution < 1.29 is 13.9 Å². The van der Waals surface area contributed by atoms with E-state index in [-0.39, 0.29) is 23.3 Å². The van der Waals surface area contributed by atoms with Crippen molar-refractivity contribution in [1.82, 2.24) is 9.80 Å². The molecule has 0 aliphatic carbocycles. The van der Waals surface area contributed by atoms with Crippen LogP contribution in [0.15, 0.2) is 24.3 Å². The third kappa shape index (κ3) is 3.40. The number of hydrogen-bond acceptors (Lipinski definition) is 3. The third-order valence-corrected chi connectivity index (χ3v) is 4.89. The molecule has 3 rings (SSSR count). The zero-order chi connectivity index (χ0) is 16.4. The van der Waals surface area contributed by atoms with Crippen LogP contribution in [0.3, 0.4) is 0 Å². The van der Waals surface area contributed by atoms with Gasteiger partial charge in [0.1, 0.15) is 5.82 Å². The van der Waals surface area contributed by atoms with Crippen molar-refractivity contribution in [2.75, 3.05) is 26.3 Å². The first-order chi connectivity index (χ1) is 11.0. The highest BCUT2D eigenvalue weighted by atomic mass is 19.1. The lowest BCUT2D eigenvalue weighted by atomic mass is 10.0. The maximum absolute atomic E-state index is 13.9. The number of hydrogen-bond donors (Lipinski definition) is 0. The molecule has 0 saturated carbocycles. The average molecular weight is 320 g/mol. The Morgan fingerprint density at radius 1 is 1.35 bits per heavy atom. The second-order valence-corrected chi connectivity index (χ2v) is 7.07. The van der Waals surface area contributed by atoms with Gasteiger partial charge in [-0.3, -0.25) is 9.69 Å². The number of ether oxygens (including phenoxy) is 1. The highest BCUT2D eigenvalue weighted by Crippen LogP contribution is 2.27. The van der Waals surface area contributed by atoms with Crippen molar-refractivity contribution in [2.45, 2.75) is 44.8 Å². The van der Waals surface area contributed by atoms with E-state index in [9.17, 15) is 9.18 Å². The highest BCUT2D eigenvalue weighted by molar-refractivity contribution is 5.83. The smallest absolute Gasteiger partial charge is 0.240 e. The summed E-state index contributed by atoms with van der Waals surface area (Å²) in [4.78, 5) is 17.1. The van der Waals surface area contributed by atoms with Gasteiger partial charge in [-0.2, -0.15) is 0 Å². The van der Waals surface area contributed by atoms with E-state index in [2.05, 4.69) is 4.90 Å². The lowest BCUT2D eigenvalue weighted by Gasteiger charge is -2.44. The van der Waals surface area contributed by atoms with Crippen LogP contribution < -0.4 is 0 Å². The molecule has 5 heteroatoms. The molecule has 2 heterocycles. The summed E-state index contributed by atoms with van der Waals surface area (Å²) in [7, 11) is 0. The van der Waals surface area contributed by atoms with Crippen molar-refractivity contribution in [3.63, 3.8) is 0 Å². The molecule has 1 aromatic rings. The second kappa shape index (κ2) is 6.57. The average Bonchev–Trinajstić information content (AvgIpc) is 2.97. The van der Waals surface area contributed by atoms with E-state index in [0.717, 1.165) is 19.4 Å². The third-order valence-electron chi connectivity index (χ3n) is 4.89. The van der Waals surface area contributed by atoms with Crippen molar-refractivity contribution in [3.8, 4) is 0 Å². The number of morpholine rings is 1. The zero-order valence-corrected chi connectivity index (χ0v) is 13.9. The van der Waals surface area contributed by atoms with Crippen LogP contribution in [0, 0.1) is 5.82 Å². The standard InChI is InChI=1S/C18H25FN2O2/c1-18(2)13-23-11-10-21(18)17(22)16-8-5-9-20(16)12-14-6-3-4-7-15(14)19/h3-4,6-7,16H,5,8-13H2,1-2H3. The van der Waals surface area contributed by atoms with Gasteiger partial charge in [0, 0.05) is 18.7 Å². The summed E-state index contributed by atoms with van der Waals surface area (Å²) in [6.07, 6.45) is 1.83. The molecule has 23 heavy (non-hydrogen) atoms. The number of carbonyl (C=O) groups excluding carboxylic acids is 1. The molecule has 2 aliphatic rings. The summed E-state index contributed by atoms with van der Waals surface area (Å²) in [5.41, 5.74) is 0.384. The van der Waals surface area contributed by atoms with Gasteiger partial charge in [-0.15, -0.1) is 0 Å². The molecule has 126 valence electrons. The number of likely N-dealkylation sites (tertiary alicyclic amines) is 1. The first kappa shape index (κ1) is 16.4. The predicted octanol–water partition coefficient (Wildman–Crippen LogP) is 2.43. The minimum atomic E-state index is -0.276. The summed E-state index contributed by atoms with van der Waals surface area (Å²) in [5.74, 6) is -0.0376. The molecule has 2 fully saturated rings. The van der Waals surface area contributed by atoms with Crippen LogP contribution in [0.5, 0.6) is 0 Å². The summed E-state index contributed by atoms with van der Waals surface area (Å²) < 4.78 is 19.4. The largest absolute Gasteiger partial charge is 0.377 e. The Balaban J connectivity index is 1.73. The van der Waals surface area contributed by atoms with Gasteiger partial charge in [0.15, 0.2) is 0 Å².